The number of carbonyl (C=O) groups is 2. The fraction of sp³-hybridized carbons (Fsp3) is 0.391. The number of hydrogen-bond acceptors (Lipinski definition) is 4. The lowest BCUT2D eigenvalue weighted by Gasteiger charge is -2.35. The Morgan fingerprint density at radius 3 is 2.79 bits per heavy atom. The summed E-state index contributed by atoms with van der Waals surface area (Å²) in [5.74, 6) is -0.156. The summed E-state index contributed by atoms with van der Waals surface area (Å²) in [5, 5.41) is 5.59. The zero-order valence-electron chi connectivity index (χ0n) is 16.7. The van der Waals surface area contributed by atoms with Gasteiger partial charge in [0.05, 0.1) is 10.9 Å². The van der Waals surface area contributed by atoms with Gasteiger partial charge < -0.3 is 10.6 Å². The number of nitrogens with one attached hydrogen (secondary N) is 2. The van der Waals surface area contributed by atoms with Crippen LogP contribution in [0.25, 0.3) is 0 Å². The Balaban J connectivity index is 1.30. The van der Waals surface area contributed by atoms with Crippen LogP contribution in [0.1, 0.15) is 30.9 Å². The van der Waals surface area contributed by atoms with Crippen molar-refractivity contribution in [1.82, 2.24) is 10.2 Å². The van der Waals surface area contributed by atoms with E-state index in [9.17, 15) is 9.59 Å². The van der Waals surface area contributed by atoms with Gasteiger partial charge in [-0.2, -0.15) is 0 Å². The molecule has 2 atom stereocenters. The average molecular weight is 410 g/mol. The maximum Gasteiger partial charge on any atom is 0.238 e. The Morgan fingerprint density at radius 1 is 1.21 bits per heavy atom. The number of hydrogen-bond donors (Lipinski definition) is 2. The van der Waals surface area contributed by atoms with Gasteiger partial charge in [0.1, 0.15) is 0 Å². The third-order valence-electron chi connectivity index (χ3n) is 5.76. The standard InChI is InChI=1S/C23H27N3O2S/c1-2-18(26-12-11-16-7-3-4-8-17(16)15-26)14-24-22(27)13-21-23(28)25-19-9-5-6-10-20(19)29-21/h3-10,18,21H,2,11-15H2,1H3,(H,24,27)(H,25,28). The molecule has 2 N–H and O–H groups in total. The molecule has 29 heavy (non-hydrogen) atoms. The van der Waals surface area contributed by atoms with Crippen molar-refractivity contribution in [2.45, 2.75) is 48.9 Å². The Morgan fingerprint density at radius 2 is 1.97 bits per heavy atom. The molecule has 4 rings (SSSR count). The van der Waals surface area contributed by atoms with E-state index in [1.807, 2.05) is 24.3 Å². The van der Waals surface area contributed by atoms with Crippen molar-refractivity contribution in [3.63, 3.8) is 0 Å². The van der Waals surface area contributed by atoms with E-state index in [1.54, 1.807) is 0 Å². The van der Waals surface area contributed by atoms with E-state index < -0.39 is 0 Å². The Labute approximate surface area is 176 Å². The van der Waals surface area contributed by atoms with E-state index in [0.717, 1.165) is 36.5 Å². The molecule has 2 heterocycles. The smallest absolute Gasteiger partial charge is 0.238 e. The Kier molecular flexibility index (Phi) is 6.21. The molecule has 0 aromatic heterocycles. The normalized spacial score (nSPS) is 19.6. The lowest BCUT2D eigenvalue weighted by molar-refractivity contribution is -0.124. The van der Waals surface area contributed by atoms with Crippen LogP contribution in [-0.2, 0) is 22.6 Å². The van der Waals surface area contributed by atoms with Crippen LogP contribution in [-0.4, -0.2) is 41.1 Å². The first kappa shape index (κ1) is 20.0. The van der Waals surface area contributed by atoms with Crippen LogP contribution in [0.5, 0.6) is 0 Å². The first-order valence-electron chi connectivity index (χ1n) is 10.3. The van der Waals surface area contributed by atoms with E-state index in [1.165, 1.54) is 22.9 Å². The van der Waals surface area contributed by atoms with Gasteiger partial charge in [0.15, 0.2) is 0 Å². The number of fused-ring (bicyclic) bond motifs is 2. The number of thioether (sulfide) groups is 1. The largest absolute Gasteiger partial charge is 0.354 e. The van der Waals surface area contributed by atoms with Gasteiger partial charge in [0.25, 0.3) is 0 Å². The summed E-state index contributed by atoms with van der Waals surface area (Å²) in [7, 11) is 0. The summed E-state index contributed by atoms with van der Waals surface area (Å²) in [6.45, 7) is 4.73. The van der Waals surface area contributed by atoms with Crippen LogP contribution in [0.15, 0.2) is 53.4 Å². The first-order chi connectivity index (χ1) is 14.1. The summed E-state index contributed by atoms with van der Waals surface area (Å²) in [6.07, 6.45) is 2.23. The summed E-state index contributed by atoms with van der Waals surface area (Å²) < 4.78 is 0. The van der Waals surface area contributed by atoms with Crippen molar-refractivity contribution in [2.75, 3.05) is 18.4 Å². The number of anilines is 1. The molecule has 0 fully saturated rings. The minimum absolute atomic E-state index is 0.0621. The monoisotopic (exact) mass is 409 g/mol. The van der Waals surface area contributed by atoms with E-state index in [0.29, 0.717) is 12.6 Å². The highest BCUT2D eigenvalue weighted by molar-refractivity contribution is 8.01. The molecule has 0 saturated heterocycles. The summed E-state index contributed by atoms with van der Waals surface area (Å²) >= 11 is 1.47. The third-order valence-corrected chi connectivity index (χ3v) is 7.04. The lowest BCUT2D eigenvalue weighted by Crippen LogP contribution is -2.46. The van der Waals surface area contributed by atoms with Gasteiger partial charge in [-0.05, 0) is 36.1 Å². The molecule has 0 spiro atoms. The second-order valence-corrected chi connectivity index (χ2v) is 8.90. The molecule has 2 aliphatic rings. The molecule has 0 bridgehead atoms. The van der Waals surface area contributed by atoms with E-state index in [4.69, 9.17) is 0 Å². The van der Waals surface area contributed by atoms with Crippen molar-refractivity contribution in [3.05, 3.63) is 59.7 Å². The molecule has 0 radical (unpaired) electrons. The minimum atomic E-state index is -0.383. The fourth-order valence-corrected chi connectivity index (χ4v) is 5.17. The Hall–Kier alpha value is -2.31. The summed E-state index contributed by atoms with van der Waals surface area (Å²) in [5.41, 5.74) is 3.65. The number of para-hydroxylation sites is 1. The molecule has 2 aliphatic heterocycles. The SMILES string of the molecule is CCC(CNC(=O)CC1Sc2ccccc2NC1=O)N1CCc2ccccc2C1. The van der Waals surface area contributed by atoms with Gasteiger partial charge >= 0.3 is 0 Å². The highest BCUT2D eigenvalue weighted by Gasteiger charge is 2.29. The van der Waals surface area contributed by atoms with Gasteiger partial charge in [-0.15, -0.1) is 11.8 Å². The Bertz CT molecular complexity index is 901. The van der Waals surface area contributed by atoms with Crippen molar-refractivity contribution >= 4 is 29.3 Å². The molecule has 2 aromatic rings. The van der Waals surface area contributed by atoms with Crippen molar-refractivity contribution < 1.29 is 9.59 Å². The summed E-state index contributed by atoms with van der Waals surface area (Å²) in [4.78, 5) is 28.4. The van der Waals surface area contributed by atoms with Crippen LogP contribution in [0.4, 0.5) is 5.69 Å². The number of rotatable bonds is 6. The highest BCUT2D eigenvalue weighted by atomic mass is 32.2. The first-order valence-corrected chi connectivity index (χ1v) is 11.2. The van der Waals surface area contributed by atoms with Crippen molar-refractivity contribution in [3.8, 4) is 0 Å². The van der Waals surface area contributed by atoms with Gasteiger partial charge in [0.2, 0.25) is 11.8 Å². The van der Waals surface area contributed by atoms with Gasteiger partial charge in [-0.25, -0.2) is 0 Å². The van der Waals surface area contributed by atoms with Crippen molar-refractivity contribution in [1.29, 1.82) is 0 Å². The molecule has 5 nitrogen and oxygen atoms in total. The van der Waals surface area contributed by atoms with Crippen LogP contribution < -0.4 is 10.6 Å². The molecular formula is C23H27N3O2S. The zero-order chi connectivity index (χ0) is 20.2. The van der Waals surface area contributed by atoms with Crippen LogP contribution in [0, 0.1) is 0 Å². The second-order valence-electron chi connectivity index (χ2n) is 7.65. The minimum Gasteiger partial charge on any atom is -0.354 e. The molecule has 2 unspecified atom stereocenters. The predicted octanol–water partition coefficient (Wildman–Crippen LogP) is 3.44. The van der Waals surface area contributed by atoms with Gasteiger partial charge in [-0.1, -0.05) is 43.3 Å². The van der Waals surface area contributed by atoms with Crippen LogP contribution in [0.2, 0.25) is 0 Å². The maximum atomic E-state index is 12.5. The number of amides is 2. The number of benzene rings is 2. The third kappa shape index (κ3) is 4.65. The molecule has 2 aromatic carbocycles. The van der Waals surface area contributed by atoms with Crippen molar-refractivity contribution in [2.24, 2.45) is 0 Å². The topological polar surface area (TPSA) is 61.4 Å². The number of carbonyl (C=O) groups excluding carboxylic acids is 2. The van der Waals surface area contributed by atoms with Crippen LogP contribution >= 0.6 is 11.8 Å². The second kappa shape index (κ2) is 9.01. The molecule has 2 amide bonds. The average Bonchev–Trinajstić information content (AvgIpc) is 2.74. The quantitative estimate of drug-likeness (QED) is 0.767. The molecule has 0 saturated carbocycles. The summed E-state index contributed by atoms with van der Waals surface area (Å²) in [6, 6.07) is 16.6. The van der Waals surface area contributed by atoms with Gasteiger partial charge in [-0.3, -0.25) is 14.5 Å². The molecule has 6 heteroatoms. The van der Waals surface area contributed by atoms with E-state index in [2.05, 4.69) is 46.7 Å². The van der Waals surface area contributed by atoms with E-state index >= 15 is 0 Å². The molecule has 152 valence electrons. The highest BCUT2D eigenvalue weighted by Crippen LogP contribution is 2.36. The fourth-order valence-electron chi connectivity index (χ4n) is 4.06. The predicted molar refractivity (Wildman–Crippen MR) is 117 cm³/mol. The number of nitrogens with zero attached hydrogens (tertiary/aromatic N) is 1. The molecule has 0 aliphatic carbocycles. The van der Waals surface area contributed by atoms with Crippen LogP contribution in [0.3, 0.4) is 0 Å². The molecular weight excluding hydrogens is 382 g/mol. The van der Waals surface area contributed by atoms with E-state index in [-0.39, 0.29) is 23.5 Å². The maximum absolute atomic E-state index is 12.5. The lowest BCUT2D eigenvalue weighted by atomic mass is 9.98. The van der Waals surface area contributed by atoms with Gasteiger partial charge in [0, 0.05) is 37.0 Å². The zero-order valence-corrected chi connectivity index (χ0v) is 17.5.